The molecule has 1 saturated heterocycles. The summed E-state index contributed by atoms with van der Waals surface area (Å²) in [6.07, 6.45) is 4.05. The Kier molecular flexibility index (Phi) is 8.86. The van der Waals surface area contributed by atoms with E-state index in [4.69, 9.17) is 14.2 Å². The number of nitrogens with one attached hydrogen (secondary N) is 1. The number of methoxy groups -OCH3 is 1. The lowest BCUT2D eigenvalue weighted by Crippen LogP contribution is -2.57. The van der Waals surface area contributed by atoms with Crippen molar-refractivity contribution in [2.45, 2.75) is 122 Å². The zero-order chi connectivity index (χ0) is 34.6. The van der Waals surface area contributed by atoms with Gasteiger partial charge in [-0.25, -0.2) is 14.8 Å². The van der Waals surface area contributed by atoms with Crippen LogP contribution in [0.2, 0.25) is 0 Å². The highest BCUT2D eigenvalue weighted by molar-refractivity contribution is 5.89. The van der Waals surface area contributed by atoms with Crippen LogP contribution >= 0.6 is 0 Å². The van der Waals surface area contributed by atoms with Crippen LogP contribution in [0.25, 0.3) is 11.0 Å². The van der Waals surface area contributed by atoms with E-state index in [0.29, 0.717) is 61.6 Å². The molecule has 0 radical (unpaired) electrons. The summed E-state index contributed by atoms with van der Waals surface area (Å²) < 4.78 is 51.7. The lowest BCUT2D eigenvalue weighted by atomic mass is 9.83. The van der Waals surface area contributed by atoms with Crippen LogP contribution in [0.1, 0.15) is 98.1 Å². The van der Waals surface area contributed by atoms with Gasteiger partial charge in [0, 0.05) is 17.4 Å². The first-order valence-corrected chi connectivity index (χ1v) is 17.3. The highest BCUT2D eigenvalue weighted by Crippen LogP contribution is 2.65. The molecular formula is C36H48F2N4O6. The lowest BCUT2D eigenvalue weighted by molar-refractivity contribution is -0.139. The number of carbonyl (C=O) groups excluding carboxylic acids is 3. The number of rotatable bonds is 3. The normalized spacial score (nSPS) is 31.9. The summed E-state index contributed by atoms with van der Waals surface area (Å²) in [6, 6.07) is 2.96. The van der Waals surface area contributed by atoms with Gasteiger partial charge in [-0.1, -0.05) is 34.1 Å². The summed E-state index contributed by atoms with van der Waals surface area (Å²) in [4.78, 5) is 50.9. The van der Waals surface area contributed by atoms with Gasteiger partial charge in [0.25, 0.3) is 0 Å². The average Bonchev–Trinajstić information content (AvgIpc) is 3.64. The maximum Gasteiger partial charge on any atom is 0.408 e. The van der Waals surface area contributed by atoms with Crippen molar-refractivity contribution in [3.63, 3.8) is 0 Å². The number of alkyl halides is 2. The van der Waals surface area contributed by atoms with Crippen molar-refractivity contribution in [2.75, 3.05) is 13.7 Å². The van der Waals surface area contributed by atoms with E-state index in [1.54, 1.807) is 18.2 Å². The van der Waals surface area contributed by atoms with E-state index < -0.39 is 64.2 Å². The number of halogens is 2. The molecule has 262 valence electrons. The quantitative estimate of drug-likeness (QED) is 0.364. The lowest BCUT2D eigenvalue weighted by Gasteiger charge is -2.37. The van der Waals surface area contributed by atoms with Crippen molar-refractivity contribution in [1.82, 2.24) is 20.2 Å². The van der Waals surface area contributed by atoms with Crippen molar-refractivity contribution in [1.29, 1.82) is 0 Å². The molecule has 1 spiro atoms. The molecule has 2 saturated carbocycles. The second-order valence-electron chi connectivity index (χ2n) is 15.6. The molecule has 1 aromatic carbocycles. The summed E-state index contributed by atoms with van der Waals surface area (Å²) in [6.45, 7) is 9.21. The first-order valence-electron chi connectivity index (χ1n) is 17.3. The second-order valence-corrected chi connectivity index (χ2v) is 15.6. The molecule has 2 amide bonds. The van der Waals surface area contributed by atoms with Crippen molar-refractivity contribution >= 4 is 29.3 Å². The van der Waals surface area contributed by atoms with Gasteiger partial charge >= 0.3 is 12.0 Å². The maximum atomic E-state index is 16.9. The molecule has 4 aliphatic rings. The van der Waals surface area contributed by atoms with Crippen molar-refractivity contribution in [3.05, 3.63) is 23.9 Å². The number of aldehydes is 1. The van der Waals surface area contributed by atoms with Crippen LogP contribution < -0.4 is 14.8 Å². The van der Waals surface area contributed by atoms with Crippen LogP contribution in [0.4, 0.5) is 13.6 Å². The SMILES string of the molecule is CC[C@@H]1[C@@H]2CN(C(=O)[C@H](C(C)(C)C)NC(=O)O[C@]3(C)CCC[C@H]3CCCC3(CC3)C(F)(F)c3nc4ccc(OC)cc4nc3O2)[C@@H]1C=O. The second kappa shape index (κ2) is 12.4. The number of hydrogen-bond acceptors (Lipinski definition) is 8. The number of ether oxygens (including phenoxy) is 3. The van der Waals surface area contributed by atoms with E-state index in [0.717, 1.165) is 12.8 Å². The Labute approximate surface area is 280 Å². The topological polar surface area (TPSA) is 120 Å². The summed E-state index contributed by atoms with van der Waals surface area (Å²) in [5.74, 6) is -4.15. The Morgan fingerprint density at radius 1 is 1.08 bits per heavy atom. The third kappa shape index (κ3) is 5.97. The fraction of sp³-hybridized carbons (Fsp3) is 0.694. The minimum Gasteiger partial charge on any atom is -0.497 e. The number of alkyl carbamates (subject to hydrolysis) is 1. The van der Waals surface area contributed by atoms with E-state index >= 15 is 8.78 Å². The Balaban J connectivity index is 1.47. The maximum absolute atomic E-state index is 16.9. The smallest absolute Gasteiger partial charge is 0.408 e. The largest absolute Gasteiger partial charge is 0.497 e. The molecule has 6 rings (SSSR count). The van der Waals surface area contributed by atoms with Crippen molar-refractivity contribution < 1.29 is 37.4 Å². The molecule has 12 heteroatoms. The van der Waals surface area contributed by atoms with Gasteiger partial charge in [-0.15, -0.1) is 0 Å². The van der Waals surface area contributed by atoms with Gasteiger partial charge in [0.15, 0.2) is 5.69 Å². The third-order valence-corrected chi connectivity index (χ3v) is 11.5. The van der Waals surface area contributed by atoms with Gasteiger partial charge in [0.1, 0.15) is 29.8 Å². The zero-order valence-electron chi connectivity index (χ0n) is 28.8. The first-order chi connectivity index (χ1) is 22.7. The van der Waals surface area contributed by atoms with Gasteiger partial charge in [0.2, 0.25) is 11.8 Å². The standard InChI is InChI=1S/C36H48F2N4O6/c1-7-23-26(20-43)42-19-27(23)47-30-28(39-24-13-12-22(46-6)18-25(24)40-30)36(37,38)35(16-17-35)15-9-11-21-10-8-14-34(21,5)48-32(45)41-29(31(42)44)33(2,3)4/h12-13,18,20-21,23,26-27,29H,7-11,14-17,19H2,1-6H3,(H,41,45)/t21-,23-,26+,27-,29+,34+/m0/s1. The molecule has 3 heterocycles. The number of carbonyl (C=O) groups is 3. The van der Waals surface area contributed by atoms with Crippen LogP contribution in [0.5, 0.6) is 11.6 Å². The molecule has 2 aliphatic carbocycles. The van der Waals surface area contributed by atoms with Crippen molar-refractivity contribution in [3.8, 4) is 11.6 Å². The Hall–Kier alpha value is -3.57. The minimum atomic E-state index is -3.36. The average molecular weight is 671 g/mol. The summed E-state index contributed by atoms with van der Waals surface area (Å²) in [5, 5.41) is 2.85. The number of amides is 2. The summed E-state index contributed by atoms with van der Waals surface area (Å²) in [5.41, 5.74) is -2.72. The predicted molar refractivity (Wildman–Crippen MR) is 174 cm³/mol. The van der Waals surface area contributed by atoms with Gasteiger partial charge in [0.05, 0.1) is 30.7 Å². The van der Waals surface area contributed by atoms with Gasteiger partial charge in [-0.3, -0.25) is 4.79 Å². The summed E-state index contributed by atoms with van der Waals surface area (Å²) in [7, 11) is 1.51. The Morgan fingerprint density at radius 3 is 2.42 bits per heavy atom. The molecule has 2 aromatic rings. The summed E-state index contributed by atoms with van der Waals surface area (Å²) >= 11 is 0. The number of nitrogens with zero attached hydrogens (tertiary/aromatic N) is 3. The fourth-order valence-corrected chi connectivity index (χ4v) is 8.29. The Bertz CT molecular complexity index is 1580. The third-order valence-electron chi connectivity index (χ3n) is 11.5. The monoisotopic (exact) mass is 670 g/mol. The molecule has 48 heavy (non-hydrogen) atoms. The van der Waals surface area contributed by atoms with E-state index in [9.17, 15) is 14.4 Å². The molecule has 1 N–H and O–H groups in total. The Morgan fingerprint density at radius 2 is 1.79 bits per heavy atom. The molecular weight excluding hydrogens is 622 g/mol. The number of aromatic nitrogens is 2. The van der Waals surface area contributed by atoms with E-state index in [1.807, 2.05) is 34.6 Å². The fourth-order valence-electron chi connectivity index (χ4n) is 8.29. The van der Waals surface area contributed by atoms with E-state index in [2.05, 4.69) is 15.3 Å². The molecule has 10 nitrogen and oxygen atoms in total. The molecule has 1 aromatic heterocycles. The molecule has 0 unspecified atom stereocenters. The highest BCUT2D eigenvalue weighted by atomic mass is 19.3. The van der Waals surface area contributed by atoms with Crippen LogP contribution in [0.15, 0.2) is 18.2 Å². The van der Waals surface area contributed by atoms with E-state index in [-0.39, 0.29) is 24.8 Å². The van der Waals surface area contributed by atoms with Crippen LogP contribution in [-0.2, 0) is 20.2 Å². The van der Waals surface area contributed by atoms with Crippen molar-refractivity contribution in [2.24, 2.45) is 22.7 Å². The number of fused-ring (bicyclic) bond motifs is 5. The first kappa shape index (κ1) is 34.3. The zero-order valence-corrected chi connectivity index (χ0v) is 28.8. The van der Waals surface area contributed by atoms with E-state index in [1.165, 1.54) is 12.0 Å². The number of benzene rings is 1. The predicted octanol–water partition coefficient (Wildman–Crippen LogP) is 6.58. The van der Waals surface area contributed by atoms with Crippen LogP contribution in [0, 0.1) is 22.7 Å². The molecule has 3 fully saturated rings. The minimum absolute atomic E-state index is 0.00576. The van der Waals surface area contributed by atoms with Gasteiger partial charge in [-0.2, -0.15) is 8.78 Å². The van der Waals surface area contributed by atoms with Crippen LogP contribution in [-0.4, -0.2) is 70.6 Å². The molecule has 2 bridgehead atoms. The molecule has 6 atom stereocenters. The number of hydrogen-bond donors (Lipinski definition) is 1. The van der Waals surface area contributed by atoms with Gasteiger partial charge in [-0.05, 0) is 81.8 Å². The highest BCUT2D eigenvalue weighted by Gasteiger charge is 2.64. The molecule has 2 aliphatic heterocycles. The van der Waals surface area contributed by atoms with Gasteiger partial charge < -0.3 is 29.2 Å². The van der Waals surface area contributed by atoms with Crippen LogP contribution in [0.3, 0.4) is 0 Å².